The zero-order valence-corrected chi connectivity index (χ0v) is 16.8. The second kappa shape index (κ2) is 8.54. The van der Waals surface area contributed by atoms with Gasteiger partial charge in [-0.25, -0.2) is 8.42 Å². The van der Waals surface area contributed by atoms with E-state index >= 15 is 0 Å². The largest absolute Gasteiger partial charge is 0.350 e. The lowest BCUT2D eigenvalue weighted by Gasteiger charge is -2.27. The van der Waals surface area contributed by atoms with E-state index < -0.39 is 21.5 Å². The van der Waals surface area contributed by atoms with Gasteiger partial charge >= 0.3 is 0 Å². The molecule has 0 bridgehead atoms. The highest BCUT2D eigenvalue weighted by Gasteiger charge is 2.28. The van der Waals surface area contributed by atoms with Gasteiger partial charge in [0.05, 0.1) is 11.3 Å². The van der Waals surface area contributed by atoms with Crippen molar-refractivity contribution in [3.05, 3.63) is 60.2 Å². The third-order valence-electron chi connectivity index (χ3n) is 4.90. The minimum absolute atomic E-state index is 0.0375. The Morgan fingerprint density at radius 1 is 1.04 bits per heavy atom. The summed E-state index contributed by atoms with van der Waals surface area (Å²) in [5.41, 5.74) is 6.35. The molecular weight excluding hydrogens is 362 g/mol. The molecule has 0 saturated heterocycles. The van der Waals surface area contributed by atoms with Gasteiger partial charge in [-0.3, -0.25) is 9.10 Å². The van der Waals surface area contributed by atoms with Crippen LogP contribution in [0.3, 0.4) is 0 Å². The number of nitrogens with one attached hydrogen (secondary N) is 1. The number of hydrogen-bond acceptors (Lipinski definition) is 4. The molecule has 0 radical (unpaired) electrons. The summed E-state index contributed by atoms with van der Waals surface area (Å²) in [5, 5.41) is 2.79. The molecule has 0 aromatic heterocycles. The minimum atomic E-state index is -3.89. The molecule has 0 spiro atoms. The number of sulfonamides is 1. The average Bonchev–Trinajstić information content (AvgIpc) is 2.71. The summed E-state index contributed by atoms with van der Waals surface area (Å²) >= 11 is 0. The fourth-order valence-corrected chi connectivity index (χ4v) is 4.04. The van der Waals surface area contributed by atoms with Crippen molar-refractivity contribution in [3.63, 3.8) is 0 Å². The molecule has 0 saturated carbocycles. The van der Waals surface area contributed by atoms with Crippen molar-refractivity contribution in [1.29, 1.82) is 0 Å². The quantitative estimate of drug-likeness (QED) is 0.726. The molecule has 0 fully saturated rings. The lowest BCUT2D eigenvalue weighted by atomic mass is 9.94. The molecule has 0 heterocycles. The van der Waals surface area contributed by atoms with Crippen LogP contribution in [-0.4, -0.2) is 33.5 Å². The Kier molecular flexibility index (Phi) is 6.62. The Morgan fingerprint density at radius 3 is 2.19 bits per heavy atom. The molecule has 0 unspecified atom stereocenters. The van der Waals surface area contributed by atoms with E-state index in [2.05, 4.69) is 5.32 Å². The Morgan fingerprint density at radius 2 is 1.59 bits per heavy atom. The summed E-state index contributed by atoms with van der Waals surface area (Å²) in [6.45, 7) is 4.20. The van der Waals surface area contributed by atoms with Gasteiger partial charge < -0.3 is 11.1 Å². The van der Waals surface area contributed by atoms with E-state index in [1.165, 1.54) is 23.5 Å². The second-order valence-electron chi connectivity index (χ2n) is 6.56. The number of rotatable bonds is 8. The topological polar surface area (TPSA) is 92.5 Å². The summed E-state index contributed by atoms with van der Waals surface area (Å²) in [5.74, 6) is -0.452. The summed E-state index contributed by atoms with van der Waals surface area (Å²) in [6.07, 6.45) is 1.42. The van der Waals surface area contributed by atoms with Crippen LogP contribution in [0.4, 0.5) is 5.69 Å². The van der Waals surface area contributed by atoms with Crippen LogP contribution in [0.2, 0.25) is 0 Å². The molecule has 146 valence electrons. The lowest BCUT2D eigenvalue weighted by Crippen LogP contribution is -2.49. The molecule has 2 aromatic carbocycles. The van der Waals surface area contributed by atoms with Gasteiger partial charge in [0.25, 0.3) is 15.9 Å². The first-order valence-corrected chi connectivity index (χ1v) is 10.4. The van der Waals surface area contributed by atoms with Crippen molar-refractivity contribution in [2.75, 3.05) is 17.9 Å². The highest BCUT2D eigenvalue weighted by atomic mass is 32.2. The predicted molar refractivity (Wildman–Crippen MR) is 108 cm³/mol. The molecule has 3 N–H and O–H groups in total. The number of para-hydroxylation sites is 1. The van der Waals surface area contributed by atoms with Crippen molar-refractivity contribution in [2.24, 2.45) is 5.73 Å². The summed E-state index contributed by atoms with van der Waals surface area (Å²) in [4.78, 5) is 12.7. The molecule has 0 aliphatic carbocycles. The van der Waals surface area contributed by atoms with Crippen molar-refractivity contribution < 1.29 is 13.2 Å². The predicted octanol–water partition coefficient (Wildman–Crippen LogP) is 2.76. The summed E-state index contributed by atoms with van der Waals surface area (Å²) in [7, 11) is -2.42. The number of benzene rings is 2. The third-order valence-corrected chi connectivity index (χ3v) is 6.74. The molecular formula is C20H27N3O3S. The van der Waals surface area contributed by atoms with E-state index in [1.807, 2.05) is 19.9 Å². The van der Waals surface area contributed by atoms with Crippen LogP contribution >= 0.6 is 0 Å². The molecule has 27 heavy (non-hydrogen) atoms. The van der Waals surface area contributed by atoms with Gasteiger partial charge in [-0.1, -0.05) is 44.2 Å². The fourth-order valence-electron chi connectivity index (χ4n) is 2.65. The Bertz CT molecular complexity index is 878. The van der Waals surface area contributed by atoms with Crippen LogP contribution in [0.15, 0.2) is 59.5 Å². The van der Waals surface area contributed by atoms with Crippen LogP contribution < -0.4 is 15.4 Å². The van der Waals surface area contributed by atoms with Gasteiger partial charge in [0.15, 0.2) is 0 Å². The van der Waals surface area contributed by atoms with E-state index in [4.69, 9.17) is 5.73 Å². The highest BCUT2D eigenvalue weighted by Crippen LogP contribution is 2.24. The zero-order chi connectivity index (χ0) is 20.1. The normalized spacial score (nSPS) is 11.9. The first-order valence-electron chi connectivity index (χ1n) is 8.95. The van der Waals surface area contributed by atoms with Crippen LogP contribution in [0.5, 0.6) is 0 Å². The van der Waals surface area contributed by atoms with Crippen molar-refractivity contribution >= 4 is 21.6 Å². The van der Waals surface area contributed by atoms with Crippen LogP contribution in [-0.2, 0) is 10.0 Å². The molecule has 0 aliphatic rings. The molecule has 2 rings (SSSR count). The number of anilines is 1. The minimum Gasteiger partial charge on any atom is -0.350 e. The van der Waals surface area contributed by atoms with E-state index in [0.717, 1.165) is 0 Å². The van der Waals surface area contributed by atoms with Crippen molar-refractivity contribution in [3.8, 4) is 0 Å². The molecule has 2 aromatic rings. The average molecular weight is 390 g/mol. The monoisotopic (exact) mass is 389 g/mol. The first-order chi connectivity index (χ1) is 12.7. The Labute approximate surface area is 161 Å². The molecule has 7 heteroatoms. The Hall–Kier alpha value is -2.38. The number of nitrogens with two attached hydrogens (primary N) is 1. The number of carbonyl (C=O) groups is 1. The smallest absolute Gasteiger partial charge is 0.264 e. The summed E-state index contributed by atoms with van der Waals surface area (Å²) in [6, 6.07) is 14.9. The summed E-state index contributed by atoms with van der Waals surface area (Å²) < 4.78 is 27.4. The van der Waals surface area contributed by atoms with Gasteiger partial charge in [0.1, 0.15) is 4.90 Å². The van der Waals surface area contributed by atoms with Gasteiger partial charge in [0, 0.05) is 19.1 Å². The van der Waals surface area contributed by atoms with Gasteiger partial charge in [-0.15, -0.1) is 0 Å². The first kappa shape index (κ1) is 20.9. The number of carbonyl (C=O) groups excluding carboxylic acids is 1. The van der Waals surface area contributed by atoms with E-state index in [0.29, 0.717) is 18.5 Å². The maximum Gasteiger partial charge on any atom is 0.264 e. The highest BCUT2D eigenvalue weighted by molar-refractivity contribution is 7.92. The molecule has 6 nitrogen and oxygen atoms in total. The van der Waals surface area contributed by atoms with Crippen molar-refractivity contribution in [2.45, 2.75) is 37.1 Å². The van der Waals surface area contributed by atoms with E-state index in [-0.39, 0.29) is 17.0 Å². The van der Waals surface area contributed by atoms with Crippen LogP contribution in [0.1, 0.15) is 37.0 Å². The second-order valence-corrected chi connectivity index (χ2v) is 8.49. The molecule has 0 atom stereocenters. The third kappa shape index (κ3) is 4.67. The van der Waals surface area contributed by atoms with E-state index in [1.54, 1.807) is 36.4 Å². The SMILES string of the molecule is CCC(N)(CC)CNC(=O)c1ccccc1S(=O)(=O)N(C)c1ccccc1. The fraction of sp³-hybridized carbons (Fsp3) is 0.350. The molecule has 0 aliphatic heterocycles. The molecule has 1 amide bonds. The van der Waals surface area contributed by atoms with Crippen LogP contribution in [0, 0.1) is 0 Å². The number of amides is 1. The van der Waals surface area contributed by atoms with Crippen LogP contribution in [0.25, 0.3) is 0 Å². The van der Waals surface area contributed by atoms with E-state index in [9.17, 15) is 13.2 Å². The zero-order valence-electron chi connectivity index (χ0n) is 16.0. The van der Waals surface area contributed by atoms with Gasteiger partial charge in [-0.2, -0.15) is 0 Å². The van der Waals surface area contributed by atoms with Gasteiger partial charge in [-0.05, 0) is 37.1 Å². The maximum atomic E-state index is 13.1. The standard InChI is InChI=1S/C20H27N3O3S/c1-4-20(21,5-2)15-22-19(24)17-13-9-10-14-18(17)27(25,26)23(3)16-11-7-6-8-12-16/h6-14H,4-5,15,21H2,1-3H3,(H,22,24). The number of hydrogen-bond donors (Lipinski definition) is 2. The van der Waals surface area contributed by atoms with Crippen molar-refractivity contribution in [1.82, 2.24) is 5.32 Å². The maximum absolute atomic E-state index is 13.1. The van der Waals surface area contributed by atoms with Gasteiger partial charge in [0.2, 0.25) is 0 Å². The Balaban J connectivity index is 2.33. The number of nitrogens with zero attached hydrogens (tertiary/aromatic N) is 1. The lowest BCUT2D eigenvalue weighted by molar-refractivity contribution is 0.0939.